The molecule has 144 valence electrons. The Kier molecular flexibility index (Phi) is 6.08. The van der Waals surface area contributed by atoms with Crippen LogP contribution in [0.4, 0.5) is 0 Å². The van der Waals surface area contributed by atoms with Crippen LogP contribution in [0.3, 0.4) is 0 Å². The largest absolute Gasteiger partial charge is 0.481 e. The van der Waals surface area contributed by atoms with Crippen LogP contribution < -0.4 is 9.46 Å². The second kappa shape index (κ2) is 8.49. The molecular formula is C19H23N3O4S. The normalized spacial score (nSPS) is 17.5. The smallest absolute Gasteiger partial charge is 0.253 e. The van der Waals surface area contributed by atoms with Crippen LogP contribution >= 0.6 is 0 Å². The van der Waals surface area contributed by atoms with E-state index in [4.69, 9.17) is 4.74 Å². The maximum absolute atomic E-state index is 12.7. The maximum Gasteiger partial charge on any atom is 0.253 e. The number of hydrogen-bond donors (Lipinski definition) is 1. The van der Waals surface area contributed by atoms with Gasteiger partial charge in [-0.25, -0.2) is 18.1 Å². The van der Waals surface area contributed by atoms with Crippen LogP contribution in [0.25, 0.3) is 0 Å². The number of methoxy groups -OCH3 is 1. The summed E-state index contributed by atoms with van der Waals surface area (Å²) < 4.78 is 33.1. The number of ether oxygens (including phenoxy) is 1. The van der Waals surface area contributed by atoms with Gasteiger partial charge in [-0.3, -0.25) is 4.79 Å². The van der Waals surface area contributed by atoms with E-state index in [1.54, 1.807) is 47.5 Å². The highest BCUT2D eigenvalue weighted by molar-refractivity contribution is 7.90. The first-order valence-electron chi connectivity index (χ1n) is 8.81. The Hall–Kier alpha value is -2.45. The third kappa shape index (κ3) is 4.84. The summed E-state index contributed by atoms with van der Waals surface area (Å²) in [6, 6.07) is 12.4. The van der Waals surface area contributed by atoms with Crippen LogP contribution in [0.15, 0.2) is 48.7 Å². The Morgan fingerprint density at radius 1 is 1.30 bits per heavy atom. The van der Waals surface area contributed by atoms with Gasteiger partial charge in [0, 0.05) is 37.5 Å². The molecule has 2 aromatic rings. The van der Waals surface area contributed by atoms with Gasteiger partial charge in [0.15, 0.2) is 0 Å². The number of nitrogens with zero attached hydrogens (tertiary/aromatic N) is 2. The number of benzene rings is 1. The van der Waals surface area contributed by atoms with Crippen LogP contribution in [0.2, 0.25) is 0 Å². The van der Waals surface area contributed by atoms with Gasteiger partial charge in [0.25, 0.3) is 5.91 Å². The second-order valence-corrected chi connectivity index (χ2v) is 8.50. The zero-order valence-corrected chi connectivity index (χ0v) is 16.0. The van der Waals surface area contributed by atoms with E-state index in [2.05, 4.69) is 9.71 Å². The van der Waals surface area contributed by atoms with Gasteiger partial charge < -0.3 is 9.64 Å². The molecule has 3 rings (SSSR count). The summed E-state index contributed by atoms with van der Waals surface area (Å²) in [5.74, 6) is 0.304. The quantitative estimate of drug-likeness (QED) is 0.814. The molecule has 0 radical (unpaired) electrons. The summed E-state index contributed by atoms with van der Waals surface area (Å²) in [7, 11) is -2.04. The van der Waals surface area contributed by atoms with E-state index in [9.17, 15) is 13.2 Å². The molecule has 1 aliphatic heterocycles. The molecule has 2 heterocycles. The number of carbonyl (C=O) groups is 1. The van der Waals surface area contributed by atoms with Crippen LogP contribution in [-0.2, 0) is 16.6 Å². The molecule has 1 aliphatic rings. The van der Waals surface area contributed by atoms with Gasteiger partial charge in [0.2, 0.25) is 15.9 Å². The van der Waals surface area contributed by atoms with Crippen molar-refractivity contribution >= 4 is 15.9 Å². The highest BCUT2D eigenvalue weighted by Gasteiger charge is 2.32. The molecule has 1 fully saturated rings. The topological polar surface area (TPSA) is 88.6 Å². The monoisotopic (exact) mass is 389 g/mol. The molecule has 1 unspecified atom stereocenters. The van der Waals surface area contributed by atoms with E-state index in [0.29, 0.717) is 30.8 Å². The van der Waals surface area contributed by atoms with Gasteiger partial charge in [-0.05, 0) is 36.6 Å². The zero-order valence-electron chi connectivity index (χ0n) is 15.2. The molecule has 0 aliphatic carbocycles. The number of piperidine rings is 1. The van der Waals surface area contributed by atoms with E-state index in [1.165, 1.54) is 7.11 Å². The van der Waals surface area contributed by atoms with Crippen molar-refractivity contribution in [3.63, 3.8) is 0 Å². The summed E-state index contributed by atoms with van der Waals surface area (Å²) in [6.07, 6.45) is 2.77. The predicted molar refractivity (Wildman–Crippen MR) is 102 cm³/mol. The first-order chi connectivity index (χ1) is 13.0. The molecular weight excluding hydrogens is 366 g/mol. The molecule has 0 spiro atoms. The Bertz CT molecular complexity index is 887. The van der Waals surface area contributed by atoms with Gasteiger partial charge in [0.05, 0.1) is 12.4 Å². The van der Waals surface area contributed by atoms with Crippen molar-refractivity contribution in [1.29, 1.82) is 0 Å². The highest BCUT2D eigenvalue weighted by Crippen LogP contribution is 2.19. The van der Waals surface area contributed by atoms with Crippen molar-refractivity contribution in [1.82, 2.24) is 14.6 Å². The predicted octanol–water partition coefficient (Wildman–Crippen LogP) is 1.81. The maximum atomic E-state index is 12.7. The summed E-state index contributed by atoms with van der Waals surface area (Å²) in [4.78, 5) is 18.2. The minimum absolute atomic E-state index is 0.130. The number of amides is 1. The average molecular weight is 389 g/mol. The van der Waals surface area contributed by atoms with Gasteiger partial charge in [-0.2, -0.15) is 0 Å². The molecule has 7 nitrogen and oxygen atoms in total. The fourth-order valence-electron chi connectivity index (χ4n) is 3.11. The van der Waals surface area contributed by atoms with Gasteiger partial charge >= 0.3 is 0 Å². The van der Waals surface area contributed by atoms with Crippen molar-refractivity contribution in [3.8, 4) is 5.88 Å². The minimum Gasteiger partial charge on any atom is -0.481 e. The van der Waals surface area contributed by atoms with Gasteiger partial charge in [0.1, 0.15) is 0 Å². The first-order valence-corrected chi connectivity index (χ1v) is 10.4. The van der Waals surface area contributed by atoms with Crippen molar-refractivity contribution < 1.29 is 17.9 Å². The fourth-order valence-corrected chi connectivity index (χ4v) is 4.57. The molecule has 1 atom stereocenters. The highest BCUT2D eigenvalue weighted by atomic mass is 32.2. The number of sulfonamides is 1. The second-order valence-electron chi connectivity index (χ2n) is 6.45. The summed E-state index contributed by atoms with van der Waals surface area (Å²) >= 11 is 0. The standard InChI is InChI=1S/C19H23N3O4S/c1-26-18-12-15(9-10-20-18)13-21-27(24,25)17-8-5-11-22(14-17)19(23)16-6-3-2-4-7-16/h2-4,6-7,9-10,12,17,21H,5,8,11,13-14H2,1H3. The SMILES string of the molecule is COc1cc(CNS(=O)(=O)C2CCCN(C(=O)c3ccccc3)C2)ccn1. The Labute approximate surface area is 159 Å². The van der Waals surface area contributed by atoms with Crippen molar-refractivity contribution in [2.24, 2.45) is 0 Å². The van der Waals surface area contributed by atoms with E-state index >= 15 is 0 Å². The van der Waals surface area contributed by atoms with Crippen LogP contribution in [-0.4, -0.2) is 49.7 Å². The summed E-state index contributed by atoms with van der Waals surface area (Å²) in [6.45, 7) is 0.925. The van der Waals surface area contributed by atoms with E-state index in [0.717, 1.165) is 5.56 Å². The molecule has 1 N–H and O–H groups in total. The number of carbonyl (C=O) groups excluding carboxylic acids is 1. The minimum atomic E-state index is -3.55. The van der Waals surface area contributed by atoms with Crippen LogP contribution in [0.1, 0.15) is 28.8 Å². The number of nitrogens with one attached hydrogen (secondary N) is 1. The molecule has 1 aromatic heterocycles. The lowest BCUT2D eigenvalue weighted by Crippen LogP contribution is -2.48. The molecule has 1 amide bonds. The fraction of sp³-hybridized carbons (Fsp3) is 0.368. The Morgan fingerprint density at radius 3 is 2.81 bits per heavy atom. The van der Waals surface area contributed by atoms with E-state index < -0.39 is 15.3 Å². The summed E-state index contributed by atoms with van der Waals surface area (Å²) in [5.41, 5.74) is 1.34. The summed E-state index contributed by atoms with van der Waals surface area (Å²) in [5, 5.41) is -0.623. The lowest BCUT2D eigenvalue weighted by atomic mass is 10.1. The zero-order chi connectivity index (χ0) is 19.3. The molecule has 0 bridgehead atoms. The van der Waals surface area contributed by atoms with Crippen LogP contribution in [0, 0.1) is 0 Å². The van der Waals surface area contributed by atoms with Gasteiger partial charge in [-0.1, -0.05) is 18.2 Å². The lowest BCUT2D eigenvalue weighted by molar-refractivity contribution is 0.0726. The first kappa shape index (κ1) is 19.3. The number of aromatic nitrogens is 1. The lowest BCUT2D eigenvalue weighted by Gasteiger charge is -2.32. The van der Waals surface area contributed by atoms with Crippen molar-refractivity contribution in [3.05, 3.63) is 59.8 Å². The third-order valence-corrected chi connectivity index (χ3v) is 6.42. The van der Waals surface area contributed by atoms with Crippen molar-refractivity contribution in [2.45, 2.75) is 24.6 Å². The van der Waals surface area contributed by atoms with E-state index in [-0.39, 0.29) is 19.0 Å². The van der Waals surface area contributed by atoms with Gasteiger partial charge in [-0.15, -0.1) is 0 Å². The number of hydrogen-bond acceptors (Lipinski definition) is 5. The Morgan fingerprint density at radius 2 is 2.07 bits per heavy atom. The number of rotatable bonds is 6. The molecule has 27 heavy (non-hydrogen) atoms. The van der Waals surface area contributed by atoms with Crippen molar-refractivity contribution in [2.75, 3.05) is 20.2 Å². The number of likely N-dealkylation sites (tertiary alicyclic amines) is 1. The molecule has 0 saturated carbocycles. The molecule has 1 aromatic carbocycles. The molecule has 1 saturated heterocycles. The third-order valence-electron chi connectivity index (χ3n) is 4.61. The van der Waals surface area contributed by atoms with E-state index in [1.807, 2.05) is 6.07 Å². The number of pyridine rings is 1. The molecule has 8 heteroatoms. The average Bonchev–Trinajstić information content (AvgIpc) is 2.72. The Balaban J connectivity index is 1.64. The van der Waals surface area contributed by atoms with Crippen LogP contribution in [0.5, 0.6) is 5.88 Å².